The number of imide groups is 1. The summed E-state index contributed by atoms with van der Waals surface area (Å²) in [5, 5.41) is 2.87. The van der Waals surface area contributed by atoms with Crippen LogP contribution in [0.15, 0.2) is 30.3 Å². The number of ketones is 1. The van der Waals surface area contributed by atoms with Crippen LogP contribution >= 0.6 is 0 Å². The molecule has 1 aliphatic carbocycles. The Morgan fingerprint density at radius 2 is 1.91 bits per heavy atom. The van der Waals surface area contributed by atoms with Gasteiger partial charge in [0, 0.05) is 22.6 Å². The zero-order valence-electron chi connectivity index (χ0n) is 18.9. The van der Waals surface area contributed by atoms with Crippen molar-refractivity contribution in [2.24, 2.45) is 5.92 Å². The van der Waals surface area contributed by atoms with Crippen LogP contribution in [0.4, 0.5) is 13.6 Å². The normalized spacial score (nSPS) is 22.8. The minimum atomic E-state index is -2.91. The number of rotatable bonds is 6. The first kappa shape index (κ1) is 22.9. The summed E-state index contributed by atoms with van der Waals surface area (Å²) in [7, 11) is 0. The second-order valence-corrected chi connectivity index (χ2v) is 8.86. The zero-order chi connectivity index (χ0) is 23.9. The highest BCUT2D eigenvalue weighted by atomic mass is 19.3. The van der Waals surface area contributed by atoms with Gasteiger partial charge in [0.2, 0.25) is 0 Å². The summed E-state index contributed by atoms with van der Waals surface area (Å²) in [6.45, 7) is 2.31. The third kappa shape index (κ3) is 4.00. The van der Waals surface area contributed by atoms with E-state index in [1.807, 2.05) is 18.4 Å². The van der Waals surface area contributed by atoms with E-state index in [1.165, 1.54) is 12.1 Å². The molecule has 176 valence electrons. The molecule has 7 nitrogen and oxygen atoms in total. The van der Waals surface area contributed by atoms with E-state index >= 15 is 0 Å². The fourth-order valence-electron chi connectivity index (χ4n) is 5.09. The van der Waals surface area contributed by atoms with Crippen LogP contribution in [0, 0.1) is 19.8 Å². The maximum absolute atomic E-state index is 13.2. The van der Waals surface area contributed by atoms with Crippen molar-refractivity contribution in [1.82, 2.24) is 14.8 Å². The number of aromatic nitrogens is 1. The largest absolute Gasteiger partial charge is 0.435 e. The topological polar surface area (TPSA) is 80.6 Å². The predicted octanol–water partition coefficient (Wildman–Crippen LogP) is 4.38. The molecule has 3 amide bonds. The lowest BCUT2D eigenvalue weighted by molar-refractivity contribution is -0.133. The van der Waals surface area contributed by atoms with Crippen LogP contribution in [-0.4, -0.2) is 45.9 Å². The van der Waals surface area contributed by atoms with Gasteiger partial charge in [0.25, 0.3) is 5.91 Å². The summed E-state index contributed by atoms with van der Waals surface area (Å²) in [6, 6.07) is 7.29. The van der Waals surface area contributed by atoms with Crippen molar-refractivity contribution in [1.29, 1.82) is 0 Å². The van der Waals surface area contributed by atoms with E-state index < -0.39 is 18.2 Å². The Balaban J connectivity index is 1.55. The smallest absolute Gasteiger partial charge is 0.387 e. The van der Waals surface area contributed by atoms with Crippen LogP contribution in [0.3, 0.4) is 0 Å². The van der Waals surface area contributed by atoms with Crippen LogP contribution in [0.2, 0.25) is 0 Å². The number of hydrogen-bond acceptors (Lipinski definition) is 4. The second-order valence-electron chi connectivity index (χ2n) is 8.86. The van der Waals surface area contributed by atoms with Crippen LogP contribution in [0.5, 0.6) is 5.75 Å². The number of halogens is 2. The summed E-state index contributed by atoms with van der Waals surface area (Å²) in [5.41, 5.74) is 1.56. The zero-order valence-corrected chi connectivity index (χ0v) is 18.9. The monoisotopic (exact) mass is 459 g/mol. The third-order valence-corrected chi connectivity index (χ3v) is 6.85. The number of benzene rings is 1. The average Bonchev–Trinajstić information content (AvgIpc) is 3.19. The van der Waals surface area contributed by atoms with Gasteiger partial charge in [-0.25, -0.2) is 4.79 Å². The van der Waals surface area contributed by atoms with Crippen molar-refractivity contribution < 1.29 is 27.9 Å². The minimum absolute atomic E-state index is 0.0184. The summed E-state index contributed by atoms with van der Waals surface area (Å²) in [6.07, 6.45) is 3.33. The van der Waals surface area contributed by atoms with Gasteiger partial charge in [-0.05, 0) is 62.9 Å². The van der Waals surface area contributed by atoms with Crippen molar-refractivity contribution in [3.05, 3.63) is 47.3 Å². The fourth-order valence-corrected chi connectivity index (χ4v) is 5.09. The van der Waals surface area contributed by atoms with E-state index in [4.69, 9.17) is 0 Å². The number of ether oxygens (including phenoxy) is 1. The molecular formula is C24H27F2N3O4. The van der Waals surface area contributed by atoms with Gasteiger partial charge in [0.05, 0.1) is 6.54 Å². The Morgan fingerprint density at radius 1 is 1.21 bits per heavy atom. The highest BCUT2D eigenvalue weighted by molar-refractivity contribution is 6.11. The van der Waals surface area contributed by atoms with Crippen molar-refractivity contribution in [3.8, 4) is 11.4 Å². The first-order chi connectivity index (χ1) is 15.6. The molecule has 1 aliphatic heterocycles. The molecule has 0 unspecified atom stereocenters. The molecule has 2 aromatic rings. The number of alkyl halides is 2. The van der Waals surface area contributed by atoms with Crippen LogP contribution in [0.1, 0.15) is 54.4 Å². The van der Waals surface area contributed by atoms with Crippen LogP contribution in [0.25, 0.3) is 5.69 Å². The van der Waals surface area contributed by atoms with E-state index in [2.05, 4.69) is 10.1 Å². The molecule has 1 aromatic carbocycles. The lowest BCUT2D eigenvalue weighted by atomic mass is 9.73. The molecule has 1 saturated heterocycles. The highest BCUT2D eigenvalue weighted by Gasteiger charge is 2.55. The summed E-state index contributed by atoms with van der Waals surface area (Å²) in [5.74, 6) is -0.602. The molecule has 33 heavy (non-hydrogen) atoms. The average molecular weight is 459 g/mol. The van der Waals surface area contributed by atoms with Crippen molar-refractivity contribution in [2.45, 2.75) is 58.6 Å². The van der Waals surface area contributed by atoms with E-state index in [0.29, 0.717) is 23.4 Å². The number of Topliss-reactive ketones (excluding diaryl/α,β-unsaturated/α-hetero) is 1. The number of carbonyl (C=O) groups is 3. The molecular weight excluding hydrogens is 432 g/mol. The number of aryl methyl sites for hydroxylation is 1. The first-order valence-corrected chi connectivity index (χ1v) is 11.1. The molecule has 0 bridgehead atoms. The maximum atomic E-state index is 13.2. The Hall–Kier alpha value is -3.23. The van der Waals surface area contributed by atoms with Crippen molar-refractivity contribution >= 4 is 17.7 Å². The number of amides is 3. The minimum Gasteiger partial charge on any atom is -0.435 e. The molecule has 2 heterocycles. The fraction of sp³-hybridized carbons (Fsp3) is 0.458. The molecule has 1 N–H and O–H groups in total. The van der Waals surface area contributed by atoms with Crippen molar-refractivity contribution in [2.75, 3.05) is 6.54 Å². The molecule has 2 atom stereocenters. The van der Waals surface area contributed by atoms with E-state index in [-0.39, 0.29) is 29.9 Å². The SMILES string of the molecule is Cc1cc(C(=O)CN2C(=O)N[C@@]3(CCCC[C@@H]3C)C2=O)c(C)n1-c1ccc(OC(F)F)cc1. The van der Waals surface area contributed by atoms with Gasteiger partial charge >= 0.3 is 12.6 Å². The molecule has 2 fully saturated rings. The van der Waals surface area contributed by atoms with E-state index in [0.717, 1.165) is 29.9 Å². The third-order valence-electron chi connectivity index (χ3n) is 6.85. The van der Waals surface area contributed by atoms with E-state index in [1.54, 1.807) is 25.1 Å². The molecule has 9 heteroatoms. The number of hydrogen-bond donors (Lipinski definition) is 1. The standard InChI is InChI=1S/C24H27F2N3O4/c1-14-6-4-5-11-24(14)21(31)28(23(32)27-24)13-20(30)19-12-15(2)29(16(19)3)17-7-9-18(10-8-17)33-22(25)26/h7-10,12,14,22H,4-6,11,13H2,1-3H3,(H,27,32)/t14-,24+/m0/s1. The number of carbonyl (C=O) groups excluding carboxylic acids is 3. The quantitative estimate of drug-likeness (QED) is 0.514. The van der Waals surface area contributed by atoms with Gasteiger partial charge in [-0.2, -0.15) is 8.78 Å². The van der Waals surface area contributed by atoms with Gasteiger partial charge in [0.1, 0.15) is 11.3 Å². The molecule has 4 rings (SSSR count). The van der Waals surface area contributed by atoms with Gasteiger partial charge in [-0.1, -0.05) is 19.8 Å². The maximum Gasteiger partial charge on any atom is 0.387 e. The number of nitrogens with zero attached hydrogens (tertiary/aromatic N) is 2. The number of nitrogens with one attached hydrogen (secondary N) is 1. The Morgan fingerprint density at radius 3 is 2.55 bits per heavy atom. The second kappa shape index (κ2) is 8.61. The number of urea groups is 1. The van der Waals surface area contributed by atoms with Gasteiger partial charge in [-0.3, -0.25) is 14.5 Å². The summed E-state index contributed by atoms with van der Waals surface area (Å²) in [4.78, 5) is 40.0. The molecule has 1 saturated carbocycles. The van der Waals surface area contributed by atoms with Crippen molar-refractivity contribution in [3.63, 3.8) is 0 Å². The summed E-state index contributed by atoms with van der Waals surface area (Å²) < 4.78 is 31.0. The lowest BCUT2D eigenvalue weighted by Crippen LogP contribution is -2.54. The lowest BCUT2D eigenvalue weighted by Gasteiger charge is -2.36. The Kier molecular flexibility index (Phi) is 5.99. The van der Waals surface area contributed by atoms with Gasteiger partial charge in [-0.15, -0.1) is 0 Å². The molecule has 1 aromatic heterocycles. The van der Waals surface area contributed by atoms with Gasteiger partial charge in [0.15, 0.2) is 5.78 Å². The predicted molar refractivity (Wildman–Crippen MR) is 117 cm³/mol. The Labute approximate surface area is 190 Å². The first-order valence-electron chi connectivity index (χ1n) is 11.1. The summed E-state index contributed by atoms with van der Waals surface area (Å²) >= 11 is 0. The molecule has 1 spiro atoms. The molecule has 2 aliphatic rings. The van der Waals surface area contributed by atoms with E-state index in [9.17, 15) is 23.2 Å². The highest BCUT2D eigenvalue weighted by Crippen LogP contribution is 2.38. The van der Waals surface area contributed by atoms with Crippen LogP contribution in [-0.2, 0) is 4.79 Å². The Bertz CT molecular complexity index is 1100. The van der Waals surface area contributed by atoms with Gasteiger partial charge < -0.3 is 14.6 Å². The van der Waals surface area contributed by atoms with Crippen LogP contribution < -0.4 is 10.1 Å². The molecule has 0 radical (unpaired) electrons.